The average molecular weight is 304 g/mol. The molecular formula is C12H19Cl2N5. The highest BCUT2D eigenvalue weighted by Gasteiger charge is 2.17. The van der Waals surface area contributed by atoms with Crippen molar-refractivity contribution in [2.45, 2.75) is 38.6 Å². The van der Waals surface area contributed by atoms with Crippen molar-refractivity contribution in [3.63, 3.8) is 0 Å². The maximum atomic E-state index is 5.71. The van der Waals surface area contributed by atoms with Crippen LogP contribution in [0.1, 0.15) is 32.6 Å². The molecule has 0 bridgehead atoms. The summed E-state index contributed by atoms with van der Waals surface area (Å²) in [6.45, 7) is 5.42. The number of rotatable bonds is 5. The fourth-order valence-corrected chi connectivity index (χ4v) is 2.74. The molecule has 0 saturated carbocycles. The topological polar surface area (TPSA) is 53.9 Å². The van der Waals surface area contributed by atoms with E-state index >= 15 is 0 Å². The highest BCUT2D eigenvalue weighted by molar-refractivity contribution is 6.31. The second-order valence-corrected chi connectivity index (χ2v) is 5.53. The van der Waals surface area contributed by atoms with Crippen molar-refractivity contribution in [3.05, 3.63) is 10.6 Å². The van der Waals surface area contributed by atoms with Crippen molar-refractivity contribution in [2.24, 2.45) is 0 Å². The number of anilines is 1. The van der Waals surface area contributed by atoms with Gasteiger partial charge in [-0.25, -0.2) is 0 Å². The molecule has 0 radical (unpaired) electrons. The molecule has 7 heteroatoms. The summed E-state index contributed by atoms with van der Waals surface area (Å²) in [6.07, 6.45) is 5.03. The molecule has 1 aliphatic rings. The largest absolute Gasteiger partial charge is 0.354 e. The van der Waals surface area contributed by atoms with Crippen LogP contribution in [0.4, 0.5) is 5.95 Å². The molecule has 5 nitrogen and oxygen atoms in total. The first-order chi connectivity index (χ1) is 9.15. The van der Waals surface area contributed by atoms with Crippen LogP contribution in [-0.4, -0.2) is 45.5 Å². The summed E-state index contributed by atoms with van der Waals surface area (Å²) in [7, 11) is 0. The van der Waals surface area contributed by atoms with Crippen LogP contribution in [0.25, 0.3) is 0 Å². The van der Waals surface area contributed by atoms with Crippen LogP contribution in [0.2, 0.25) is 10.6 Å². The Balaban J connectivity index is 1.71. The fourth-order valence-electron chi connectivity index (χ4n) is 2.38. The van der Waals surface area contributed by atoms with Gasteiger partial charge in [-0.3, -0.25) is 0 Å². The maximum Gasteiger partial charge on any atom is 0.228 e. The Morgan fingerprint density at radius 3 is 2.63 bits per heavy atom. The third-order valence-electron chi connectivity index (χ3n) is 3.43. The summed E-state index contributed by atoms with van der Waals surface area (Å²) in [6, 6.07) is 0.704. The third-order valence-corrected chi connectivity index (χ3v) is 3.76. The Hall–Kier alpha value is -0.650. The predicted molar refractivity (Wildman–Crippen MR) is 77.8 cm³/mol. The van der Waals surface area contributed by atoms with Crippen LogP contribution < -0.4 is 5.32 Å². The van der Waals surface area contributed by atoms with Gasteiger partial charge >= 0.3 is 0 Å². The zero-order valence-corrected chi connectivity index (χ0v) is 12.6. The Bertz CT molecular complexity index is 395. The minimum absolute atomic E-state index is 0.118. The summed E-state index contributed by atoms with van der Waals surface area (Å²) < 4.78 is 0. The molecule has 1 atom stereocenters. The molecule has 1 fully saturated rings. The SMILES string of the molecule is CC1CCCCN1CCCNc1nc(Cl)nc(Cl)n1. The lowest BCUT2D eigenvalue weighted by Crippen LogP contribution is -2.38. The summed E-state index contributed by atoms with van der Waals surface area (Å²) in [5, 5.41) is 3.36. The van der Waals surface area contributed by atoms with E-state index in [0.717, 1.165) is 19.5 Å². The van der Waals surface area contributed by atoms with Crippen LogP contribution in [0.3, 0.4) is 0 Å². The molecule has 1 N–H and O–H groups in total. The number of nitrogens with one attached hydrogen (secondary N) is 1. The number of nitrogens with zero attached hydrogens (tertiary/aromatic N) is 4. The highest BCUT2D eigenvalue weighted by atomic mass is 35.5. The number of hydrogen-bond acceptors (Lipinski definition) is 5. The standard InChI is InChI=1S/C12H19Cl2N5/c1-9-5-2-3-7-19(9)8-4-6-15-12-17-10(13)16-11(14)18-12/h9H,2-8H2,1H3,(H,15,16,17,18). The van der Waals surface area contributed by atoms with E-state index in [1.165, 1.54) is 25.8 Å². The number of piperidine rings is 1. The van der Waals surface area contributed by atoms with Gasteiger partial charge < -0.3 is 10.2 Å². The van der Waals surface area contributed by atoms with Crippen LogP contribution in [0, 0.1) is 0 Å². The minimum atomic E-state index is 0.118. The van der Waals surface area contributed by atoms with E-state index in [-0.39, 0.29) is 10.6 Å². The van der Waals surface area contributed by atoms with E-state index in [1.54, 1.807) is 0 Å². The van der Waals surface area contributed by atoms with Crippen molar-refractivity contribution < 1.29 is 0 Å². The molecule has 1 aromatic rings. The van der Waals surface area contributed by atoms with Crippen molar-refractivity contribution in [2.75, 3.05) is 25.0 Å². The van der Waals surface area contributed by atoms with E-state index in [0.29, 0.717) is 12.0 Å². The van der Waals surface area contributed by atoms with Gasteiger partial charge in [0.25, 0.3) is 0 Å². The van der Waals surface area contributed by atoms with Crippen LogP contribution in [0.15, 0.2) is 0 Å². The first kappa shape index (κ1) is 14.8. The molecule has 1 aromatic heterocycles. The lowest BCUT2D eigenvalue weighted by molar-refractivity contribution is 0.160. The molecule has 2 rings (SSSR count). The molecule has 2 heterocycles. The Morgan fingerprint density at radius 2 is 1.95 bits per heavy atom. The Labute approximate surface area is 123 Å². The van der Waals surface area contributed by atoms with Gasteiger partial charge in [0.15, 0.2) is 0 Å². The molecule has 1 unspecified atom stereocenters. The second kappa shape index (κ2) is 7.22. The normalized spacial score (nSPS) is 20.5. The van der Waals surface area contributed by atoms with Gasteiger partial charge in [0.2, 0.25) is 16.5 Å². The lowest BCUT2D eigenvalue weighted by Gasteiger charge is -2.33. The predicted octanol–water partition coefficient (Wildman–Crippen LogP) is 2.85. The highest BCUT2D eigenvalue weighted by Crippen LogP contribution is 2.16. The third kappa shape index (κ3) is 4.75. The molecule has 0 aliphatic carbocycles. The van der Waals surface area contributed by atoms with Crippen molar-refractivity contribution in [1.82, 2.24) is 19.9 Å². The van der Waals surface area contributed by atoms with Gasteiger partial charge in [0, 0.05) is 19.1 Å². The zero-order valence-electron chi connectivity index (χ0n) is 11.1. The van der Waals surface area contributed by atoms with Gasteiger partial charge in [0.05, 0.1) is 0 Å². The molecule has 0 spiro atoms. The van der Waals surface area contributed by atoms with Crippen molar-refractivity contribution in [3.8, 4) is 0 Å². The number of aromatic nitrogens is 3. The minimum Gasteiger partial charge on any atom is -0.354 e. The first-order valence-electron chi connectivity index (χ1n) is 6.70. The lowest BCUT2D eigenvalue weighted by atomic mass is 10.0. The average Bonchev–Trinajstić information content (AvgIpc) is 2.35. The van der Waals surface area contributed by atoms with E-state index in [2.05, 4.69) is 32.1 Å². The summed E-state index contributed by atoms with van der Waals surface area (Å²) in [4.78, 5) is 14.2. The summed E-state index contributed by atoms with van der Waals surface area (Å²) >= 11 is 11.4. The van der Waals surface area contributed by atoms with Crippen LogP contribution >= 0.6 is 23.2 Å². The number of likely N-dealkylation sites (tertiary alicyclic amines) is 1. The van der Waals surface area contributed by atoms with Crippen LogP contribution in [-0.2, 0) is 0 Å². The second-order valence-electron chi connectivity index (χ2n) is 4.86. The Morgan fingerprint density at radius 1 is 1.21 bits per heavy atom. The van der Waals surface area contributed by atoms with Crippen molar-refractivity contribution >= 4 is 29.2 Å². The van der Waals surface area contributed by atoms with Gasteiger partial charge in [-0.15, -0.1) is 0 Å². The van der Waals surface area contributed by atoms with Gasteiger partial charge in [-0.05, 0) is 55.9 Å². The van der Waals surface area contributed by atoms with E-state index < -0.39 is 0 Å². The number of hydrogen-bond donors (Lipinski definition) is 1. The van der Waals surface area contributed by atoms with Gasteiger partial charge in [-0.1, -0.05) is 6.42 Å². The quantitative estimate of drug-likeness (QED) is 0.848. The summed E-state index contributed by atoms with van der Waals surface area (Å²) in [5.41, 5.74) is 0. The molecule has 0 amide bonds. The molecular weight excluding hydrogens is 285 g/mol. The molecule has 106 valence electrons. The van der Waals surface area contributed by atoms with Crippen LogP contribution in [0.5, 0.6) is 0 Å². The van der Waals surface area contributed by atoms with Crippen molar-refractivity contribution in [1.29, 1.82) is 0 Å². The molecule has 19 heavy (non-hydrogen) atoms. The van der Waals surface area contributed by atoms with Gasteiger partial charge in [0.1, 0.15) is 0 Å². The fraction of sp³-hybridized carbons (Fsp3) is 0.750. The monoisotopic (exact) mass is 303 g/mol. The first-order valence-corrected chi connectivity index (χ1v) is 7.46. The van der Waals surface area contributed by atoms with E-state index in [1.807, 2.05) is 0 Å². The zero-order chi connectivity index (χ0) is 13.7. The molecule has 1 saturated heterocycles. The molecule has 1 aliphatic heterocycles. The Kier molecular flexibility index (Phi) is 5.60. The maximum absolute atomic E-state index is 5.71. The smallest absolute Gasteiger partial charge is 0.228 e. The number of halogens is 2. The summed E-state index contributed by atoms with van der Waals surface area (Å²) in [5.74, 6) is 0.441. The van der Waals surface area contributed by atoms with E-state index in [9.17, 15) is 0 Å². The molecule has 0 aromatic carbocycles. The van der Waals surface area contributed by atoms with Gasteiger partial charge in [-0.2, -0.15) is 15.0 Å². The van der Waals surface area contributed by atoms with E-state index in [4.69, 9.17) is 23.2 Å².